The number of nitro benzene ring substituents is 1. The Labute approximate surface area is 126 Å². The molecule has 6 nitrogen and oxygen atoms in total. The number of benzene rings is 2. The van der Waals surface area contributed by atoms with Crippen molar-refractivity contribution in [3.63, 3.8) is 0 Å². The molecule has 2 rings (SSSR count). The van der Waals surface area contributed by atoms with Crippen molar-refractivity contribution in [3.8, 4) is 11.5 Å². The van der Waals surface area contributed by atoms with Gasteiger partial charge < -0.3 is 10.5 Å². The van der Waals surface area contributed by atoms with Gasteiger partial charge in [-0.25, -0.2) is 4.39 Å². The summed E-state index contributed by atoms with van der Waals surface area (Å²) in [6.07, 6.45) is 0. The van der Waals surface area contributed by atoms with Crippen molar-refractivity contribution in [2.24, 2.45) is 5.73 Å². The van der Waals surface area contributed by atoms with Crippen LogP contribution in [0.15, 0.2) is 40.9 Å². The monoisotopic (exact) mass is 354 g/mol. The number of carbonyl (C=O) groups is 1. The van der Waals surface area contributed by atoms with Crippen LogP contribution in [0.3, 0.4) is 0 Å². The molecule has 1 amide bonds. The Hall–Kier alpha value is -2.48. The lowest BCUT2D eigenvalue weighted by Crippen LogP contribution is -2.11. The van der Waals surface area contributed by atoms with E-state index in [1.807, 2.05) is 0 Å². The first-order valence-corrected chi connectivity index (χ1v) is 6.39. The first-order chi connectivity index (χ1) is 9.88. The normalized spacial score (nSPS) is 10.2. The molecule has 0 aromatic heterocycles. The molecule has 0 bridgehead atoms. The third-order valence-electron chi connectivity index (χ3n) is 2.55. The lowest BCUT2D eigenvalue weighted by Gasteiger charge is -2.09. The first kappa shape index (κ1) is 14.9. The Morgan fingerprint density at radius 1 is 1.24 bits per heavy atom. The summed E-state index contributed by atoms with van der Waals surface area (Å²) in [6.45, 7) is 0. The van der Waals surface area contributed by atoms with Gasteiger partial charge in [-0.1, -0.05) is 0 Å². The van der Waals surface area contributed by atoms with Crippen LogP contribution in [-0.4, -0.2) is 10.8 Å². The first-order valence-electron chi connectivity index (χ1n) is 5.59. The fourth-order valence-corrected chi connectivity index (χ4v) is 1.90. The minimum atomic E-state index is -0.756. The van der Waals surface area contributed by atoms with E-state index in [-0.39, 0.29) is 22.7 Å². The summed E-state index contributed by atoms with van der Waals surface area (Å²) in [5.41, 5.74) is 4.80. The van der Waals surface area contributed by atoms with E-state index in [0.29, 0.717) is 4.47 Å². The van der Waals surface area contributed by atoms with Crippen molar-refractivity contribution in [2.45, 2.75) is 0 Å². The minimum Gasteiger partial charge on any atom is -0.449 e. The van der Waals surface area contributed by atoms with E-state index in [2.05, 4.69) is 15.9 Å². The summed E-state index contributed by atoms with van der Waals surface area (Å²) < 4.78 is 18.9. The number of amides is 1. The second-order valence-corrected chi connectivity index (χ2v) is 4.84. The molecule has 0 radical (unpaired) electrons. The molecular formula is C13H8BrFN2O4. The third kappa shape index (κ3) is 3.34. The molecule has 108 valence electrons. The molecular weight excluding hydrogens is 347 g/mol. The van der Waals surface area contributed by atoms with Gasteiger partial charge in [-0.05, 0) is 34.1 Å². The summed E-state index contributed by atoms with van der Waals surface area (Å²) in [6, 6.07) is 7.11. The number of nitro groups is 1. The molecule has 0 saturated heterocycles. The molecule has 2 N–H and O–H groups in total. The van der Waals surface area contributed by atoms with E-state index < -0.39 is 16.6 Å². The van der Waals surface area contributed by atoms with E-state index in [4.69, 9.17) is 10.5 Å². The van der Waals surface area contributed by atoms with Crippen LogP contribution in [0.2, 0.25) is 0 Å². The van der Waals surface area contributed by atoms with Gasteiger partial charge in [0.25, 0.3) is 0 Å². The Morgan fingerprint density at radius 3 is 2.57 bits per heavy atom. The molecule has 2 aromatic rings. The maximum atomic E-state index is 13.2. The molecule has 0 heterocycles. The molecule has 0 unspecified atom stereocenters. The predicted molar refractivity (Wildman–Crippen MR) is 75.8 cm³/mol. The lowest BCUT2D eigenvalue weighted by molar-refractivity contribution is -0.385. The Balaban J connectivity index is 2.50. The number of hydrogen-bond acceptors (Lipinski definition) is 4. The molecule has 2 aromatic carbocycles. The largest absolute Gasteiger partial charge is 0.449 e. The molecule has 0 aliphatic rings. The molecule has 0 saturated carbocycles. The van der Waals surface area contributed by atoms with Gasteiger partial charge in [0.2, 0.25) is 11.7 Å². The topological polar surface area (TPSA) is 95.5 Å². The van der Waals surface area contributed by atoms with Gasteiger partial charge >= 0.3 is 5.69 Å². The van der Waals surface area contributed by atoms with Crippen molar-refractivity contribution in [1.29, 1.82) is 0 Å². The number of hydrogen-bond donors (Lipinski definition) is 1. The van der Waals surface area contributed by atoms with Gasteiger partial charge in [0, 0.05) is 23.8 Å². The number of rotatable bonds is 4. The van der Waals surface area contributed by atoms with Crippen molar-refractivity contribution in [3.05, 3.63) is 62.4 Å². The number of ether oxygens (including phenoxy) is 1. The van der Waals surface area contributed by atoms with E-state index in [0.717, 1.165) is 18.2 Å². The molecule has 0 spiro atoms. The van der Waals surface area contributed by atoms with Crippen molar-refractivity contribution < 1.29 is 18.8 Å². The highest BCUT2D eigenvalue weighted by Gasteiger charge is 2.19. The Kier molecular flexibility index (Phi) is 4.18. The standard InChI is InChI=1S/C13H8BrFN2O4/c14-9-3-2-8(15)6-11(9)21-12-5-7(13(16)18)1-4-10(12)17(19)20/h1-6H,(H2,16,18). The van der Waals surface area contributed by atoms with Gasteiger partial charge in [-0.2, -0.15) is 0 Å². The van der Waals surface area contributed by atoms with Gasteiger partial charge in [0.1, 0.15) is 11.6 Å². The molecule has 0 aliphatic carbocycles. The van der Waals surface area contributed by atoms with E-state index in [1.54, 1.807) is 0 Å². The van der Waals surface area contributed by atoms with Gasteiger partial charge in [0.05, 0.1) is 9.40 Å². The van der Waals surface area contributed by atoms with Crippen LogP contribution in [0.1, 0.15) is 10.4 Å². The van der Waals surface area contributed by atoms with Crippen LogP contribution in [-0.2, 0) is 0 Å². The number of primary amides is 1. The highest BCUT2D eigenvalue weighted by atomic mass is 79.9. The van der Waals surface area contributed by atoms with Crippen molar-refractivity contribution in [1.82, 2.24) is 0 Å². The smallest absolute Gasteiger partial charge is 0.311 e. The Morgan fingerprint density at radius 2 is 1.95 bits per heavy atom. The fourth-order valence-electron chi connectivity index (χ4n) is 1.57. The van der Waals surface area contributed by atoms with E-state index >= 15 is 0 Å². The summed E-state index contributed by atoms with van der Waals surface area (Å²) in [5.74, 6) is -1.49. The van der Waals surface area contributed by atoms with E-state index in [1.165, 1.54) is 18.2 Å². The van der Waals surface area contributed by atoms with Gasteiger partial charge in [-0.15, -0.1) is 0 Å². The molecule has 0 fully saturated rings. The number of nitrogens with two attached hydrogens (primary N) is 1. The van der Waals surface area contributed by atoms with Gasteiger partial charge in [0.15, 0.2) is 0 Å². The maximum Gasteiger partial charge on any atom is 0.311 e. The average Bonchev–Trinajstić information content (AvgIpc) is 2.42. The van der Waals surface area contributed by atoms with Crippen LogP contribution in [0.5, 0.6) is 11.5 Å². The molecule has 8 heteroatoms. The van der Waals surface area contributed by atoms with Crippen molar-refractivity contribution in [2.75, 3.05) is 0 Å². The zero-order valence-electron chi connectivity index (χ0n) is 10.4. The number of carbonyl (C=O) groups excluding carboxylic acids is 1. The predicted octanol–water partition coefficient (Wildman–Crippen LogP) is 3.39. The summed E-state index contributed by atoms with van der Waals surface area (Å²) in [7, 11) is 0. The highest BCUT2D eigenvalue weighted by Crippen LogP contribution is 2.35. The number of halogens is 2. The molecule has 21 heavy (non-hydrogen) atoms. The van der Waals surface area contributed by atoms with E-state index in [9.17, 15) is 19.3 Å². The SMILES string of the molecule is NC(=O)c1ccc([N+](=O)[O-])c(Oc2cc(F)ccc2Br)c1. The second-order valence-electron chi connectivity index (χ2n) is 3.98. The molecule has 0 atom stereocenters. The van der Waals surface area contributed by atoms with Crippen molar-refractivity contribution >= 4 is 27.5 Å². The minimum absolute atomic E-state index is 0.0414. The van der Waals surface area contributed by atoms with Crippen LogP contribution in [0, 0.1) is 15.9 Å². The van der Waals surface area contributed by atoms with Crippen LogP contribution in [0.4, 0.5) is 10.1 Å². The maximum absolute atomic E-state index is 13.2. The fraction of sp³-hybridized carbons (Fsp3) is 0. The molecule has 0 aliphatic heterocycles. The summed E-state index contributed by atoms with van der Waals surface area (Å²) in [5, 5.41) is 11.0. The average molecular weight is 355 g/mol. The van der Waals surface area contributed by atoms with Crippen LogP contribution < -0.4 is 10.5 Å². The summed E-state index contributed by atoms with van der Waals surface area (Å²) >= 11 is 3.14. The van der Waals surface area contributed by atoms with Gasteiger partial charge in [-0.3, -0.25) is 14.9 Å². The Bertz CT molecular complexity index is 736. The number of nitrogens with zero attached hydrogens (tertiary/aromatic N) is 1. The van der Waals surface area contributed by atoms with Crippen LogP contribution in [0.25, 0.3) is 0 Å². The second kappa shape index (κ2) is 5.88. The zero-order chi connectivity index (χ0) is 15.6. The van der Waals surface area contributed by atoms with Crippen LogP contribution >= 0.6 is 15.9 Å². The highest BCUT2D eigenvalue weighted by molar-refractivity contribution is 9.10. The third-order valence-corrected chi connectivity index (χ3v) is 3.21. The quantitative estimate of drug-likeness (QED) is 0.672. The summed E-state index contributed by atoms with van der Waals surface area (Å²) in [4.78, 5) is 21.4. The lowest BCUT2D eigenvalue weighted by atomic mass is 10.2. The zero-order valence-corrected chi connectivity index (χ0v) is 12.0.